The van der Waals surface area contributed by atoms with Gasteiger partial charge in [-0.1, -0.05) is 83.8 Å². The predicted octanol–water partition coefficient (Wildman–Crippen LogP) is 11.8. The molecule has 1 heterocycles. The molecule has 10 atom stereocenters. The van der Waals surface area contributed by atoms with E-state index in [-0.39, 0.29) is 0 Å². The van der Waals surface area contributed by atoms with Gasteiger partial charge in [-0.15, -0.1) is 0 Å². The number of benzene rings is 2. The number of phenolic OH excluding ortho intramolecular Hbond substituents is 1. The Balaban J connectivity index is 1.08. The molecule has 0 aromatic heterocycles. The van der Waals surface area contributed by atoms with E-state index >= 15 is 0 Å². The summed E-state index contributed by atoms with van der Waals surface area (Å²) in [6.07, 6.45) is 29.3. The van der Waals surface area contributed by atoms with E-state index in [1.807, 2.05) is 6.07 Å². The maximum absolute atomic E-state index is 11.3. The minimum atomic E-state index is 0.347. The zero-order valence-electron chi connectivity index (χ0n) is 33.9. The monoisotopic (exact) mass is 766 g/mol. The molecule has 10 unspecified atom stereocenters. The highest BCUT2D eigenvalue weighted by molar-refractivity contribution is 8.76. The first-order valence-corrected chi connectivity index (χ1v) is 24.8. The molecule has 2 aromatic rings. The fourth-order valence-electron chi connectivity index (χ4n) is 15.1. The van der Waals surface area contributed by atoms with Gasteiger partial charge >= 0.3 is 0 Å². The van der Waals surface area contributed by atoms with Gasteiger partial charge in [0.25, 0.3) is 0 Å². The molecule has 2 aromatic carbocycles. The number of allylic oxidation sites excluding steroid dienone is 2. The van der Waals surface area contributed by atoms with E-state index in [0.717, 1.165) is 54.7 Å². The van der Waals surface area contributed by atoms with E-state index in [4.69, 9.17) is 0 Å². The number of hydrogen-bond acceptors (Lipinski definition) is 5. The minimum Gasteiger partial charge on any atom is -0.508 e. The van der Waals surface area contributed by atoms with Crippen molar-refractivity contribution in [2.45, 2.75) is 136 Å². The summed E-state index contributed by atoms with van der Waals surface area (Å²) in [6, 6.07) is 16.1. The number of nitrogens with one attached hydrogen (secondary N) is 2. The molecule has 3 N–H and O–H groups in total. The summed E-state index contributed by atoms with van der Waals surface area (Å²) < 4.78 is 0. The predicted molar refractivity (Wildman–Crippen MR) is 231 cm³/mol. The van der Waals surface area contributed by atoms with Gasteiger partial charge in [-0.2, -0.15) is 0 Å². The highest BCUT2D eigenvalue weighted by Crippen LogP contribution is 2.74. The van der Waals surface area contributed by atoms with E-state index in [2.05, 4.69) is 102 Å². The first kappa shape index (κ1) is 38.1. The van der Waals surface area contributed by atoms with E-state index in [1.165, 1.54) is 131 Å². The Kier molecular flexibility index (Phi) is 10.9. The number of rotatable bonds is 2. The third kappa shape index (κ3) is 7.53. The molecule has 0 radical (unpaired) electrons. The molecular weight excluding hydrogens is 697 g/mol. The summed E-state index contributed by atoms with van der Waals surface area (Å²) in [5, 5.41) is 18.9. The fourth-order valence-corrected chi connectivity index (χ4v) is 17.8. The maximum Gasteiger partial charge on any atom is 0.116 e. The van der Waals surface area contributed by atoms with E-state index < -0.39 is 0 Å². The summed E-state index contributed by atoms with van der Waals surface area (Å²) in [5.41, 5.74) is 7.44. The summed E-state index contributed by atoms with van der Waals surface area (Å²) in [6.45, 7) is 7.05. The van der Waals surface area contributed by atoms with Crippen molar-refractivity contribution in [2.24, 2.45) is 57.2 Å². The third-order valence-corrected chi connectivity index (χ3v) is 19.6. The number of hydrogen-bond donors (Lipinski definition) is 3. The van der Waals surface area contributed by atoms with Crippen LogP contribution in [0.2, 0.25) is 0 Å². The lowest BCUT2D eigenvalue weighted by Gasteiger charge is -2.61. The first-order chi connectivity index (χ1) is 26.2. The smallest absolute Gasteiger partial charge is 0.116 e. The second-order valence-electron chi connectivity index (χ2n) is 20.8. The molecule has 5 fully saturated rings. The van der Waals surface area contributed by atoms with E-state index in [1.54, 1.807) is 0 Å². The Bertz CT molecular complexity index is 1670. The van der Waals surface area contributed by atoms with Gasteiger partial charge in [-0.05, 0) is 208 Å². The highest BCUT2D eigenvalue weighted by atomic mass is 33.1. The molecule has 4 spiro atoms. The summed E-state index contributed by atoms with van der Waals surface area (Å²) in [5.74, 6) is 7.51. The van der Waals surface area contributed by atoms with Gasteiger partial charge in [0.2, 0.25) is 0 Å². The van der Waals surface area contributed by atoms with Crippen molar-refractivity contribution in [1.29, 1.82) is 0 Å². The van der Waals surface area contributed by atoms with Gasteiger partial charge in [-0.25, -0.2) is 0 Å². The second-order valence-corrected chi connectivity index (χ2v) is 23.4. The zero-order chi connectivity index (χ0) is 37.0. The molecule has 5 heteroatoms. The van der Waals surface area contributed by atoms with Crippen LogP contribution in [0.15, 0.2) is 54.6 Å². The van der Waals surface area contributed by atoms with Crippen LogP contribution in [0.25, 0.3) is 0 Å². The average molecular weight is 767 g/mol. The van der Waals surface area contributed by atoms with Crippen molar-refractivity contribution in [3.05, 3.63) is 76.9 Å². The van der Waals surface area contributed by atoms with Gasteiger partial charge in [0.1, 0.15) is 5.75 Å². The Hall–Kier alpha value is -1.40. The molecule has 6 aliphatic carbocycles. The van der Waals surface area contributed by atoms with Crippen LogP contribution in [-0.2, 0) is 19.4 Å². The highest BCUT2D eigenvalue weighted by Gasteiger charge is 2.65. The van der Waals surface area contributed by atoms with Crippen molar-refractivity contribution in [1.82, 2.24) is 10.6 Å². The Morgan fingerprint density at radius 1 is 0.852 bits per heavy atom. The Morgan fingerprint density at radius 2 is 1.65 bits per heavy atom. The van der Waals surface area contributed by atoms with Crippen molar-refractivity contribution < 1.29 is 5.11 Å². The molecule has 1 aliphatic heterocycles. The first-order valence-electron chi connectivity index (χ1n) is 22.4. The van der Waals surface area contributed by atoms with Crippen molar-refractivity contribution >= 4 is 21.6 Å². The average Bonchev–Trinajstić information content (AvgIpc) is 3.83. The van der Waals surface area contributed by atoms with Crippen LogP contribution in [0.5, 0.6) is 5.75 Å². The van der Waals surface area contributed by atoms with Gasteiger partial charge in [0.05, 0.1) is 0 Å². The molecular formula is C49H70N2OS2. The quantitative estimate of drug-likeness (QED) is 0.210. The molecule has 9 rings (SSSR count). The molecule has 5 saturated carbocycles. The standard InChI is InChI=1S/C49H70N2OS2/c1-34-9-8-14-48(24-34)32-47(25-42(28-50-3)49(33-47)16-15-46(31-49)12-6-7-13-46)26-44-41-19-37-17-36(21-43(52)22-37)18-39-10-4-5-11-40(39)27-51-35(2)29-53-54-30-38(20-41)23-45(44)48/h4-5,8,10-11,14,17,21-22,34-35,38,41-42,44-45,50-52H,6-7,9,12-13,15-16,18-20,23-33H2,1-3H3. The molecule has 3 nitrogen and oxygen atoms in total. The van der Waals surface area contributed by atoms with E-state index in [9.17, 15) is 5.11 Å². The van der Waals surface area contributed by atoms with Crippen LogP contribution in [0.1, 0.15) is 132 Å². The number of aromatic hydroxyl groups is 1. The lowest BCUT2D eigenvalue weighted by atomic mass is 9.44. The lowest BCUT2D eigenvalue weighted by molar-refractivity contribution is -0.0846. The molecule has 0 amide bonds. The topological polar surface area (TPSA) is 44.3 Å². The van der Waals surface area contributed by atoms with Gasteiger partial charge in [-0.3, -0.25) is 0 Å². The van der Waals surface area contributed by atoms with Gasteiger partial charge in [0, 0.05) is 24.1 Å². The number of phenols is 1. The summed E-state index contributed by atoms with van der Waals surface area (Å²) in [7, 11) is 6.51. The van der Waals surface area contributed by atoms with Crippen LogP contribution in [0, 0.1) is 57.2 Å². The van der Waals surface area contributed by atoms with Crippen molar-refractivity contribution in [3.8, 4) is 5.75 Å². The van der Waals surface area contributed by atoms with Crippen molar-refractivity contribution in [2.75, 3.05) is 25.1 Å². The number of fused-ring (bicyclic) bond motifs is 8. The molecule has 4 bridgehead atoms. The minimum absolute atomic E-state index is 0.347. The van der Waals surface area contributed by atoms with Crippen molar-refractivity contribution in [3.63, 3.8) is 0 Å². The lowest BCUT2D eigenvalue weighted by Crippen LogP contribution is -2.52. The summed E-state index contributed by atoms with van der Waals surface area (Å²) >= 11 is 0. The van der Waals surface area contributed by atoms with Crippen LogP contribution in [-0.4, -0.2) is 36.2 Å². The largest absolute Gasteiger partial charge is 0.508 e. The molecule has 0 saturated heterocycles. The van der Waals surface area contributed by atoms with Crippen LogP contribution >= 0.6 is 21.6 Å². The molecule has 294 valence electrons. The Labute approximate surface area is 336 Å². The SMILES string of the molecule is CNCC1CC2(CC3C4Cc5cc(O)cc(c5)Cc5ccccc5CNC(C)CSSCC(C4)CC3C3(C=CCC(C)C3)C2)CC12CCC1(CCCC1)C2. The molecule has 7 aliphatic rings. The van der Waals surface area contributed by atoms with Crippen LogP contribution in [0.3, 0.4) is 0 Å². The van der Waals surface area contributed by atoms with Gasteiger partial charge in [0.15, 0.2) is 0 Å². The maximum atomic E-state index is 11.3. The molecule has 54 heavy (non-hydrogen) atoms. The van der Waals surface area contributed by atoms with E-state index in [0.29, 0.717) is 39.4 Å². The third-order valence-electron chi connectivity index (χ3n) is 16.8. The zero-order valence-corrected chi connectivity index (χ0v) is 35.5. The second kappa shape index (κ2) is 15.4. The van der Waals surface area contributed by atoms with Crippen LogP contribution < -0.4 is 10.6 Å². The normalized spacial score (nSPS) is 40.6. The fraction of sp³-hybridized carbons (Fsp3) is 0.714. The Morgan fingerprint density at radius 3 is 2.48 bits per heavy atom. The summed E-state index contributed by atoms with van der Waals surface area (Å²) in [4.78, 5) is 0. The van der Waals surface area contributed by atoms with Gasteiger partial charge < -0.3 is 15.7 Å². The van der Waals surface area contributed by atoms with Crippen LogP contribution in [0.4, 0.5) is 0 Å².